The van der Waals surface area contributed by atoms with Crippen molar-refractivity contribution in [3.63, 3.8) is 0 Å². The average Bonchev–Trinajstić information content (AvgIpc) is 3.42. The molecule has 0 spiro atoms. The summed E-state index contributed by atoms with van der Waals surface area (Å²) in [6, 6.07) is 13.5. The summed E-state index contributed by atoms with van der Waals surface area (Å²) in [5.41, 5.74) is -0.157. The molecular formula is C20H15F3N6OS. The lowest BCUT2D eigenvalue weighted by Gasteiger charge is -2.11. The molecule has 1 N–H and O–H groups in total. The topological polar surface area (TPSA) is 77.6 Å². The van der Waals surface area contributed by atoms with Crippen molar-refractivity contribution in [2.75, 3.05) is 11.1 Å². The van der Waals surface area contributed by atoms with E-state index < -0.39 is 17.6 Å². The van der Waals surface area contributed by atoms with E-state index in [9.17, 15) is 18.0 Å². The van der Waals surface area contributed by atoms with E-state index in [0.29, 0.717) is 16.7 Å². The normalized spacial score (nSPS) is 11.5. The van der Waals surface area contributed by atoms with E-state index in [4.69, 9.17) is 0 Å². The lowest BCUT2D eigenvalue weighted by Crippen LogP contribution is -2.16. The molecule has 0 bridgehead atoms. The zero-order valence-corrected chi connectivity index (χ0v) is 16.6. The number of pyridine rings is 1. The highest BCUT2D eigenvalue weighted by molar-refractivity contribution is 7.99. The molecule has 1 amide bonds. The van der Waals surface area contributed by atoms with E-state index in [0.717, 1.165) is 23.9 Å². The van der Waals surface area contributed by atoms with Gasteiger partial charge in [0.2, 0.25) is 16.9 Å². The lowest BCUT2D eigenvalue weighted by atomic mass is 10.2. The molecule has 0 aliphatic carbocycles. The fourth-order valence-electron chi connectivity index (χ4n) is 2.78. The number of alkyl halides is 3. The van der Waals surface area contributed by atoms with Crippen LogP contribution in [0.15, 0.2) is 78.3 Å². The van der Waals surface area contributed by atoms with Crippen molar-refractivity contribution < 1.29 is 18.0 Å². The van der Waals surface area contributed by atoms with E-state index in [2.05, 4.69) is 20.5 Å². The summed E-state index contributed by atoms with van der Waals surface area (Å²) in [4.78, 5) is 16.6. The molecule has 158 valence electrons. The number of halogens is 3. The van der Waals surface area contributed by atoms with Crippen LogP contribution in [0.4, 0.5) is 18.9 Å². The number of hydrogen-bond donors (Lipinski definition) is 1. The van der Waals surface area contributed by atoms with Gasteiger partial charge in [0.25, 0.3) is 0 Å². The minimum atomic E-state index is -4.48. The SMILES string of the molecule is O=C(CSc1nnc(-c2ccccn2)n1-n1cccc1)Nc1cccc(C(F)(F)F)c1. The van der Waals surface area contributed by atoms with Crippen LogP contribution in [-0.4, -0.2) is 36.2 Å². The summed E-state index contributed by atoms with van der Waals surface area (Å²) in [5.74, 6) is -0.0546. The summed E-state index contributed by atoms with van der Waals surface area (Å²) < 4.78 is 42.0. The number of carbonyl (C=O) groups excluding carboxylic acids is 1. The van der Waals surface area contributed by atoms with E-state index >= 15 is 0 Å². The number of rotatable bonds is 6. The predicted molar refractivity (Wildman–Crippen MR) is 109 cm³/mol. The number of benzene rings is 1. The molecule has 4 aromatic rings. The first kappa shape index (κ1) is 20.7. The predicted octanol–water partition coefficient (Wildman–Crippen LogP) is 4.20. The second-order valence-electron chi connectivity index (χ2n) is 6.31. The molecule has 11 heteroatoms. The van der Waals surface area contributed by atoms with Gasteiger partial charge in [-0.05, 0) is 42.5 Å². The molecule has 3 aromatic heterocycles. The third-order valence-electron chi connectivity index (χ3n) is 4.13. The number of nitrogens with zero attached hydrogens (tertiary/aromatic N) is 5. The molecule has 7 nitrogen and oxygen atoms in total. The molecule has 3 heterocycles. The zero-order chi connectivity index (χ0) is 21.8. The Labute approximate surface area is 178 Å². The first-order chi connectivity index (χ1) is 14.9. The molecule has 0 atom stereocenters. The standard InChI is InChI=1S/C20H15F3N6OS/c21-20(22,23)14-6-5-7-15(12-14)25-17(30)13-31-19-27-26-18(16-8-1-2-9-24-16)29(19)28-10-3-4-11-28/h1-12H,13H2,(H,25,30). The molecular weight excluding hydrogens is 429 g/mol. The Balaban J connectivity index is 1.51. The highest BCUT2D eigenvalue weighted by Gasteiger charge is 2.30. The van der Waals surface area contributed by atoms with Crippen LogP contribution in [0.1, 0.15) is 5.56 Å². The first-order valence-corrected chi connectivity index (χ1v) is 10.0. The van der Waals surface area contributed by atoms with Gasteiger partial charge in [-0.1, -0.05) is 23.9 Å². The molecule has 0 radical (unpaired) electrons. The van der Waals surface area contributed by atoms with Gasteiger partial charge in [-0.3, -0.25) is 14.5 Å². The van der Waals surface area contributed by atoms with Crippen molar-refractivity contribution >= 4 is 23.4 Å². The summed E-state index contributed by atoms with van der Waals surface area (Å²) >= 11 is 1.10. The second kappa shape index (κ2) is 8.64. The van der Waals surface area contributed by atoms with E-state index in [1.165, 1.54) is 12.1 Å². The Morgan fingerprint density at radius 2 is 1.84 bits per heavy atom. The van der Waals surface area contributed by atoms with Crippen LogP contribution < -0.4 is 5.32 Å². The summed E-state index contributed by atoms with van der Waals surface area (Å²) in [6.45, 7) is 0. The van der Waals surface area contributed by atoms with Crippen LogP contribution in [0.2, 0.25) is 0 Å². The van der Waals surface area contributed by atoms with Gasteiger partial charge in [0.1, 0.15) is 5.69 Å². The van der Waals surface area contributed by atoms with Gasteiger partial charge in [0.05, 0.1) is 11.3 Å². The molecule has 0 aliphatic heterocycles. The van der Waals surface area contributed by atoms with Crippen LogP contribution >= 0.6 is 11.8 Å². The molecule has 0 fully saturated rings. The van der Waals surface area contributed by atoms with Crippen LogP contribution in [0.5, 0.6) is 0 Å². The summed E-state index contributed by atoms with van der Waals surface area (Å²) in [6.07, 6.45) is 0.745. The van der Waals surface area contributed by atoms with Gasteiger partial charge in [0.15, 0.2) is 0 Å². The van der Waals surface area contributed by atoms with Crippen LogP contribution in [0, 0.1) is 0 Å². The number of thioether (sulfide) groups is 1. The monoisotopic (exact) mass is 444 g/mol. The molecule has 0 aliphatic rings. The van der Waals surface area contributed by atoms with Crippen molar-refractivity contribution in [1.29, 1.82) is 0 Å². The fraction of sp³-hybridized carbons (Fsp3) is 0.100. The largest absolute Gasteiger partial charge is 0.416 e. The molecule has 4 rings (SSSR count). The third kappa shape index (κ3) is 4.77. The Bertz CT molecular complexity index is 1180. The maximum Gasteiger partial charge on any atom is 0.416 e. The molecule has 0 unspecified atom stereocenters. The smallest absolute Gasteiger partial charge is 0.325 e. The molecule has 31 heavy (non-hydrogen) atoms. The lowest BCUT2D eigenvalue weighted by molar-refractivity contribution is -0.137. The Morgan fingerprint density at radius 3 is 2.55 bits per heavy atom. The van der Waals surface area contributed by atoms with Crippen LogP contribution in [0.3, 0.4) is 0 Å². The van der Waals surface area contributed by atoms with Gasteiger partial charge < -0.3 is 5.32 Å². The zero-order valence-electron chi connectivity index (χ0n) is 15.8. The Hall–Kier alpha value is -3.60. The van der Waals surface area contributed by atoms with Crippen molar-refractivity contribution in [3.8, 4) is 11.5 Å². The van der Waals surface area contributed by atoms with Crippen LogP contribution in [0.25, 0.3) is 11.5 Å². The van der Waals surface area contributed by atoms with Gasteiger partial charge in [-0.15, -0.1) is 10.2 Å². The number of carbonyl (C=O) groups is 1. The third-order valence-corrected chi connectivity index (χ3v) is 5.05. The summed E-state index contributed by atoms with van der Waals surface area (Å²) in [7, 11) is 0. The van der Waals surface area contributed by atoms with Crippen LogP contribution in [-0.2, 0) is 11.0 Å². The minimum Gasteiger partial charge on any atom is -0.325 e. The first-order valence-electron chi connectivity index (χ1n) is 9.02. The number of nitrogens with one attached hydrogen (secondary N) is 1. The van der Waals surface area contributed by atoms with E-state index in [1.807, 2.05) is 18.2 Å². The minimum absolute atomic E-state index is 0.0708. The highest BCUT2D eigenvalue weighted by atomic mass is 32.2. The van der Waals surface area contributed by atoms with Gasteiger partial charge >= 0.3 is 6.18 Å². The Morgan fingerprint density at radius 1 is 1.03 bits per heavy atom. The van der Waals surface area contributed by atoms with Crippen molar-refractivity contribution in [1.82, 2.24) is 24.5 Å². The average molecular weight is 444 g/mol. The molecule has 1 aromatic carbocycles. The second-order valence-corrected chi connectivity index (χ2v) is 7.25. The number of amides is 1. The maximum atomic E-state index is 12.9. The van der Waals surface area contributed by atoms with Crippen molar-refractivity contribution in [3.05, 3.63) is 78.8 Å². The molecule has 0 saturated carbocycles. The van der Waals surface area contributed by atoms with Crippen molar-refractivity contribution in [2.24, 2.45) is 0 Å². The van der Waals surface area contributed by atoms with Crippen molar-refractivity contribution in [2.45, 2.75) is 11.3 Å². The fourth-order valence-corrected chi connectivity index (χ4v) is 3.51. The Kier molecular flexibility index (Phi) is 5.76. The highest BCUT2D eigenvalue weighted by Crippen LogP contribution is 2.31. The number of anilines is 1. The van der Waals surface area contributed by atoms with E-state index in [-0.39, 0.29) is 11.4 Å². The van der Waals surface area contributed by atoms with Gasteiger partial charge in [-0.2, -0.15) is 13.2 Å². The quantitative estimate of drug-likeness (QED) is 0.451. The number of hydrogen-bond acceptors (Lipinski definition) is 5. The van der Waals surface area contributed by atoms with Gasteiger partial charge in [-0.25, -0.2) is 4.68 Å². The maximum absolute atomic E-state index is 12.9. The summed E-state index contributed by atoms with van der Waals surface area (Å²) in [5, 5.41) is 11.3. The number of aromatic nitrogens is 5. The van der Waals surface area contributed by atoms with Gasteiger partial charge in [0, 0.05) is 24.3 Å². The van der Waals surface area contributed by atoms with E-state index in [1.54, 1.807) is 40.1 Å². The molecule has 0 saturated heterocycles.